The Morgan fingerprint density at radius 1 is 1.29 bits per heavy atom. The minimum atomic E-state index is -0.344. The van der Waals surface area contributed by atoms with Crippen LogP contribution in [0.25, 0.3) is 0 Å². The lowest BCUT2D eigenvalue weighted by Gasteiger charge is -2.04. The van der Waals surface area contributed by atoms with Crippen LogP contribution in [0, 0.1) is 0 Å². The number of hydrogen-bond acceptors (Lipinski definition) is 4. The molecule has 0 fully saturated rings. The Kier molecular flexibility index (Phi) is 3.51. The third-order valence-corrected chi connectivity index (χ3v) is 2.20. The monoisotopic (exact) mass is 268 g/mol. The van der Waals surface area contributed by atoms with Crippen LogP contribution >= 0.6 is 23.2 Å². The first-order valence-corrected chi connectivity index (χ1v) is 5.32. The molecular weight excluding hydrogens is 263 g/mol. The normalized spacial score (nSPS) is 10.0. The number of rotatable bonds is 2. The molecule has 0 spiro atoms. The van der Waals surface area contributed by atoms with Gasteiger partial charge in [-0.05, 0) is 23.7 Å². The van der Waals surface area contributed by atoms with Gasteiger partial charge in [-0.25, -0.2) is 9.97 Å². The first-order chi connectivity index (χ1) is 8.15. The predicted octanol–water partition coefficient (Wildman–Crippen LogP) is 2.43. The Bertz CT molecular complexity index is 527. The largest absolute Gasteiger partial charge is 0.306 e. The van der Waals surface area contributed by atoms with Crippen LogP contribution in [0.2, 0.25) is 10.4 Å². The summed E-state index contributed by atoms with van der Waals surface area (Å²) in [4.78, 5) is 23.1. The highest BCUT2D eigenvalue weighted by atomic mass is 35.5. The van der Waals surface area contributed by atoms with Gasteiger partial charge < -0.3 is 5.32 Å². The predicted molar refractivity (Wildman–Crippen MR) is 64.2 cm³/mol. The number of nitrogens with zero attached hydrogens (tertiary/aromatic N) is 3. The number of halogens is 2. The van der Waals surface area contributed by atoms with Crippen molar-refractivity contribution >= 4 is 34.9 Å². The van der Waals surface area contributed by atoms with Gasteiger partial charge in [0.15, 0.2) is 0 Å². The molecule has 1 N–H and O–H groups in total. The van der Waals surface area contributed by atoms with E-state index >= 15 is 0 Å². The van der Waals surface area contributed by atoms with Gasteiger partial charge in [-0.2, -0.15) is 0 Å². The zero-order valence-electron chi connectivity index (χ0n) is 8.39. The van der Waals surface area contributed by atoms with Crippen LogP contribution in [-0.4, -0.2) is 20.9 Å². The molecule has 0 atom stereocenters. The van der Waals surface area contributed by atoms with E-state index in [2.05, 4.69) is 20.3 Å². The summed E-state index contributed by atoms with van der Waals surface area (Å²) in [6, 6.07) is 4.70. The molecule has 0 saturated heterocycles. The maximum atomic E-state index is 11.7. The van der Waals surface area contributed by atoms with Gasteiger partial charge >= 0.3 is 0 Å². The van der Waals surface area contributed by atoms with Crippen LogP contribution < -0.4 is 5.32 Å². The van der Waals surface area contributed by atoms with Crippen molar-refractivity contribution in [1.29, 1.82) is 0 Å². The molecule has 5 nitrogen and oxygen atoms in total. The summed E-state index contributed by atoms with van der Waals surface area (Å²) in [6.07, 6.45) is 3.02. The van der Waals surface area contributed by atoms with Gasteiger partial charge in [-0.1, -0.05) is 11.6 Å². The summed E-state index contributed by atoms with van der Waals surface area (Å²) >= 11 is 11.3. The summed E-state index contributed by atoms with van der Waals surface area (Å²) in [5.41, 5.74) is 0.415. The van der Waals surface area contributed by atoms with Crippen molar-refractivity contribution in [1.82, 2.24) is 15.0 Å². The second kappa shape index (κ2) is 5.07. The molecule has 0 radical (unpaired) electrons. The maximum Gasteiger partial charge on any atom is 0.258 e. The van der Waals surface area contributed by atoms with Crippen LogP contribution in [0.3, 0.4) is 0 Å². The molecule has 86 valence electrons. The van der Waals surface area contributed by atoms with Gasteiger partial charge in [0.2, 0.25) is 5.28 Å². The number of hydrogen-bond donors (Lipinski definition) is 1. The summed E-state index contributed by atoms with van der Waals surface area (Å²) in [7, 11) is 0. The van der Waals surface area contributed by atoms with E-state index in [-0.39, 0.29) is 22.2 Å². The molecule has 0 aliphatic rings. The molecule has 0 unspecified atom stereocenters. The number of carbonyl (C=O) groups is 1. The fourth-order valence-electron chi connectivity index (χ4n) is 1.14. The third kappa shape index (κ3) is 3.12. The van der Waals surface area contributed by atoms with E-state index in [4.69, 9.17) is 23.2 Å². The lowest BCUT2D eigenvalue weighted by Crippen LogP contribution is -2.13. The van der Waals surface area contributed by atoms with Crippen LogP contribution in [0.15, 0.2) is 30.6 Å². The number of nitrogens with one attached hydrogen (secondary N) is 1. The van der Waals surface area contributed by atoms with E-state index in [9.17, 15) is 4.79 Å². The highest BCUT2D eigenvalue weighted by Gasteiger charge is 2.08. The van der Waals surface area contributed by atoms with Crippen LogP contribution in [0.5, 0.6) is 0 Å². The standard InChI is InChI=1S/C10H6Cl2N4O/c11-7-4-8(16-10(12)14-7)15-9(17)6-2-1-3-13-5-6/h1-5H,(H,14,15,16,17). The van der Waals surface area contributed by atoms with Gasteiger partial charge in [0, 0.05) is 18.5 Å². The van der Waals surface area contributed by atoms with E-state index < -0.39 is 0 Å². The second-order valence-corrected chi connectivity index (χ2v) is 3.77. The molecule has 2 aromatic heterocycles. The minimum absolute atomic E-state index is 0.0287. The first-order valence-electron chi connectivity index (χ1n) is 4.56. The SMILES string of the molecule is O=C(Nc1cc(Cl)nc(Cl)n1)c1cccnc1. The van der Waals surface area contributed by atoms with Crippen molar-refractivity contribution in [2.24, 2.45) is 0 Å². The molecule has 0 saturated carbocycles. The zero-order valence-corrected chi connectivity index (χ0v) is 9.90. The summed E-state index contributed by atoms with van der Waals surface area (Å²) in [5, 5.41) is 2.67. The molecule has 2 heterocycles. The van der Waals surface area contributed by atoms with Crippen molar-refractivity contribution in [3.05, 3.63) is 46.6 Å². The topological polar surface area (TPSA) is 67.8 Å². The Labute approximate surface area is 107 Å². The van der Waals surface area contributed by atoms with Gasteiger partial charge in [-0.15, -0.1) is 0 Å². The molecule has 0 aromatic carbocycles. The molecule has 0 bridgehead atoms. The molecule has 0 aliphatic carbocycles. The fourth-order valence-corrected chi connectivity index (χ4v) is 1.55. The van der Waals surface area contributed by atoms with Crippen LogP contribution in [-0.2, 0) is 0 Å². The van der Waals surface area contributed by atoms with Gasteiger partial charge in [-0.3, -0.25) is 9.78 Å². The molecule has 2 rings (SSSR count). The molecule has 7 heteroatoms. The van der Waals surface area contributed by atoms with E-state index in [0.29, 0.717) is 5.56 Å². The Morgan fingerprint density at radius 2 is 2.12 bits per heavy atom. The van der Waals surface area contributed by atoms with Crippen molar-refractivity contribution in [3.8, 4) is 0 Å². The van der Waals surface area contributed by atoms with Crippen LogP contribution in [0.1, 0.15) is 10.4 Å². The van der Waals surface area contributed by atoms with Crippen molar-refractivity contribution in [3.63, 3.8) is 0 Å². The van der Waals surface area contributed by atoms with E-state index in [1.807, 2.05) is 0 Å². The molecule has 0 aliphatic heterocycles. The quantitative estimate of drug-likeness (QED) is 0.671. The van der Waals surface area contributed by atoms with E-state index in [1.54, 1.807) is 18.3 Å². The Morgan fingerprint density at radius 3 is 2.76 bits per heavy atom. The Balaban J connectivity index is 2.19. The molecule has 2 aromatic rings. The highest BCUT2D eigenvalue weighted by Crippen LogP contribution is 2.14. The summed E-state index contributed by atoms with van der Waals surface area (Å²) in [5.74, 6) is -0.104. The third-order valence-electron chi connectivity index (χ3n) is 1.83. The average molecular weight is 269 g/mol. The highest BCUT2D eigenvalue weighted by molar-refractivity contribution is 6.32. The molecule has 17 heavy (non-hydrogen) atoms. The van der Waals surface area contributed by atoms with Gasteiger partial charge in [0.05, 0.1) is 5.56 Å². The number of aromatic nitrogens is 3. The minimum Gasteiger partial charge on any atom is -0.306 e. The first kappa shape index (κ1) is 11.8. The second-order valence-electron chi connectivity index (χ2n) is 3.04. The number of pyridine rings is 1. The Hall–Kier alpha value is -1.72. The smallest absolute Gasteiger partial charge is 0.258 e. The average Bonchev–Trinajstić information content (AvgIpc) is 2.28. The zero-order chi connectivity index (χ0) is 12.3. The van der Waals surface area contributed by atoms with Gasteiger partial charge in [0.1, 0.15) is 11.0 Å². The number of anilines is 1. The number of carbonyl (C=O) groups excluding carboxylic acids is 1. The van der Waals surface area contributed by atoms with Crippen molar-refractivity contribution < 1.29 is 4.79 Å². The van der Waals surface area contributed by atoms with E-state index in [1.165, 1.54) is 12.3 Å². The van der Waals surface area contributed by atoms with Crippen LogP contribution in [0.4, 0.5) is 5.82 Å². The van der Waals surface area contributed by atoms with Crippen molar-refractivity contribution in [2.45, 2.75) is 0 Å². The molecule has 1 amide bonds. The number of amides is 1. The lowest BCUT2D eigenvalue weighted by atomic mass is 10.3. The fraction of sp³-hybridized carbons (Fsp3) is 0. The molecular formula is C10H6Cl2N4O. The lowest BCUT2D eigenvalue weighted by molar-refractivity contribution is 0.102. The maximum absolute atomic E-state index is 11.7. The van der Waals surface area contributed by atoms with Crippen molar-refractivity contribution in [2.75, 3.05) is 5.32 Å². The van der Waals surface area contributed by atoms with Gasteiger partial charge in [0.25, 0.3) is 5.91 Å². The summed E-state index contributed by atoms with van der Waals surface area (Å²) in [6.45, 7) is 0. The van der Waals surface area contributed by atoms with E-state index in [0.717, 1.165) is 0 Å². The summed E-state index contributed by atoms with van der Waals surface area (Å²) < 4.78 is 0.